The second-order valence-electron chi connectivity index (χ2n) is 4.08. The Morgan fingerprint density at radius 1 is 1.30 bits per heavy atom. The standard InChI is InChI=1S/C13H15N3O4/c1-9-12(13(17)18)14-15-16(9)7-8-20-11-5-3-10(19-2)4-6-11/h3-6H,7-8H2,1-2H3,(H,17,18). The Kier molecular flexibility index (Phi) is 4.19. The molecule has 0 aliphatic carbocycles. The lowest BCUT2D eigenvalue weighted by Gasteiger charge is -2.07. The molecule has 0 radical (unpaired) electrons. The predicted molar refractivity (Wildman–Crippen MR) is 70.2 cm³/mol. The van der Waals surface area contributed by atoms with Gasteiger partial charge in [-0.3, -0.25) is 0 Å². The molecular formula is C13H15N3O4. The molecule has 7 heteroatoms. The maximum absolute atomic E-state index is 10.8. The summed E-state index contributed by atoms with van der Waals surface area (Å²) in [7, 11) is 1.60. The highest BCUT2D eigenvalue weighted by molar-refractivity contribution is 5.86. The second kappa shape index (κ2) is 6.05. The molecule has 0 aliphatic heterocycles. The summed E-state index contributed by atoms with van der Waals surface area (Å²) in [4.78, 5) is 10.8. The van der Waals surface area contributed by atoms with E-state index in [1.54, 1.807) is 38.3 Å². The Bertz CT molecular complexity index is 592. The average Bonchev–Trinajstić information content (AvgIpc) is 2.81. The van der Waals surface area contributed by atoms with Crippen molar-refractivity contribution in [3.05, 3.63) is 35.7 Å². The number of aromatic carboxylic acids is 1. The van der Waals surface area contributed by atoms with Crippen LogP contribution in [0.1, 0.15) is 16.2 Å². The van der Waals surface area contributed by atoms with Gasteiger partial charge in [0.2, 0.25) is 0 Å². The first-order chi connectivity index (χ1) is 9.61. The van der Waals surface area contributed by atoms with Gasteiger partial charge < -0.3 is 14.6 Å². The molecule has 1 heterocycles. The van der Waals surface area contributed by atoms with Gasteiger partial charge in [-0.2, -0.15) is 0 Å². The molecule has 20 heavy (non-hydrogen) atoms. The fourth-order valence-electron chi connectivity index (χ4n) is 1.69. The van der Waals surface area contributed by atoms with E-state index in [4.69, 9.17) is 14.6 Å². The Morgan fingerprint density at radius 3 is 2.50 bits per heavy atom. The summed E-state index contributed by atoms with van der Waals surface area (Å²) >= 11 is 0. The molecule has 1 N–H and O–H groups in total. The molecule has 1 aromatic carbocycles. The Labute approximate surface area is 115 Å². The fraction of sp³-hybridized carbons (Fsp3) is 0.308. The van der Waals surface area contributed by atoms with Crippen LogP contribution in [0.5, 0.6) is 11.5 Å². The summed E-state index contributed by atoms with van der Waals surface area (Å²) in [5, 5.41) is 16.3. The van der Waals surface area contributed by atoms with E-state index in [1.165, 1.54) is 4.68 Å². The number of methoxy groups -OCH3 is 1. The van der Waals surface area contributed by atoms with Crippen molar-refractivity contribution in [2.75, 3.05) is 13.7 Å². The molecule has 0 saturated carbocycles. The third-order valence-electron chi connectivity index (χ3n) is 2.82. The van der Waals surface area contributed by atoms with Crippen molar-refractivity contribution < 1.29 is 19.4 Å². The summed E-state index contributed by atoms with van der Waals surface area (Å²) in [5.41, 5.74) is 0.477. The second-order valence-corrected chi connectivity index (χ2v) is 4.08. The van der Waals surface area contributed by atoms with Crippen molar-refractivity contribution in [1.82, 2.24) is 15.0 Å². The van der Waals surface area contributed by atoms with Gasteiger partial charge in [-0.1, -0.05) is 5.21 Å². The first-order valence-corrected chi connectivity index (χ1v) is 6.02. The highest BCUT2D eigenvalue weighted by Gasteiger charge is 2.14. The van der Waals surface area contributed by atoms with Crippen LogP contribution in [-0.2, 0) is 6.54 Å². The van der Waals surface area contributed by atoms with E-state index in [2.05, 4.69) is 10.3 Å². The van der Waals surface area contributed by atoms with Crippen LogP contribution in [0, 0.1) is 6.92 Å². The average molecular weight is 277 g/mol. The predicted octanol–water partition coefficient (Wildman–Crippen LogP) is 1.37. The highest BCUT2D eigenvalue weighted by atomic mass is 16.5. The molecular weight excluding hydrogens is 262 g/mol. The summed E-state index contributed by atoms with van der Waals surface area (Å²) in [6, 6.07) is 7.21. The molecule has 0 unspecified atom stereocenters. The third-order valence-corrected chi connectivity index (χ3v) is 2.82. The van der Waals surface area contributed by atoms with Crippen LogP contribution in [0.15, 0.2) is 24.3 Å². The lowest BCUT2D eigenvalue weighted by atomic mass is 10.3. The molecule has 7 nitrogen and oxygen atoms in total. The number of carboxylic acid groups (broad SMARTS) is 1. The van der Waals surface area contributed by atoms with E-state index in [1.807, 2.05) is 0 Å². The summed E-state index contributed by atoms with van der Waals surface area (Å²) < 4.78 is 12.1. The fourth-order valence-corrected chi connectivity index (χ4v) is 1.69. The molecule has 0 saturated heterocycles. The Hall–Kier alpha value is -2.57. The quantitative estimate of drug-likeness (QED) is 0.858. The SMILES string of the molecule is COc1ccc(OCCn2nnc(C(=O)O)c2C)cc1. The Morgan fingerprint density at radius 2 is 1.95 bits per heavy atom. The normalized spacial score (nSPS) is 10.3. The maximum Gasteiger partial charge on any atom is 0.358 e. The molecule has 106 valence electrons. The van der Waals surface area contributed by atoms with Crippen LogP contribution in [-0.4, -0.2) is 39.8 Å². The number of benzene rings is 1. The van der Waals surface area contributed by atoms with E-state index in [0.29, 0.717) is 24.6 Å². The van der Waals surface area contributed by atoms with Gasteiger partial charge in [0.15, 0.2) is 5.69 Å². The Balaban J connectivity index is 1.90. The van der Waals surface area contributed by atoms with Gasteiger partial charge in [0.1, 0.15) is 18.1 Å². The number of ether oxygens (including phenoxy) is 2. The van der Waals surface area contributed by atoms with Crippen LogP contribution in [0.3, 0.4) is 0 Å². The van der Waals surface area contributed by atoms with Gasteiger partial charge in [0.25, 0.3) is 0 Å². The van der Waals surface area contributed by atoms with E-state index < -0.39 is 5.97 Å². The van der Waals surface area contributed by atoms with Crippen molar-refractivity contribution in [3.8, 4) is 11.5 Å². The maximum atomic E-state index is 10.8. The molecule has 0 bridgehead atoms. The minimum Gasteiger partial charge on any atom is -0.497 e. The zero-order valence-corrected chi connectivity index (χ0v) is 11.2. The van der Waals surface area contributed by atoms with E-state index >= 15 is 0 Å². The van der Waals surface area contributed by atoms with Crippen LogP contribution in [0.4, 0.5) is 0 Å². The summed E-state index contributed by atoms with van der Waals surface area (Å²) in [6.07, 6.45) is 0. The largest absolute Gasteiger partial charge is 0.497 e. The molecule has 0 aliphatic rings. The van der Waals surface area contributed by atoms with Gasteiger partial charge in [0, 0.05) is 0 Å². The van der Waals surface area contributed by atoms with Crippen LogP contribution >= 0.6 is 0 Å². The lowest BCUT2D eigenvalue weighted by molar-refractivity contribution is 0.0689. The van der Waals surface area contributed by atoms with Crippen molar-refractivity contribution in [2.24, 2.45) is 0 Å². The smallest absolute Gasteiger partial charge is 0.358 e. The number of hydrogen-bond acceptors (Lipinski definition) is 5. The van der Waals surface area contributed by atoms with Gasteiger partial charge in [-0.25, -0.2) is 9.48 Å². The number of aromatic nitrogens is 3. The minimum atomic E-state index is -1.08. The molecule has 0 amide bonds. The van der Waals surface area contributed by atoms with E-state index in [0.717, 1.165) is 5.75 Å². The third kappa shape index (κ3) is 3.05. The van der Waals surface area contributed by atoms with Gasteiger partial charge in [-0.05, 0) is 31.2 Å². The summed E-state index contributed by atoms with van der Waals surface area (Å²) in [5.74, 6) is 0.391. The molecule has 1 aromatic heterocycles. The van der Waals surface area contributed by atoms with E-state index in [-0.39, 0.29) is 5.69 Å². The number of carboxylic acids is 1. The molecule has 2 rings (SSSR count). The van der Waals surface area contributed by atoms with Gasteiger partial charge >= 0.3 is 5.97 Å². The zero-order chi connectivity index (χ0) is 14.5. The lowest BCUT2D eigenvalue weighted by Crippen LogP contribution is -2.11. The van der Waals surface area contributed by atoms with Crippen molar-refractivity contribution in [2.45, 2.75) is 13.5 Å². The highest BCUT2D eigenvalue weighted by Crippen LogP contribution is 2.17. The van der Waals surface area contributed by atoms with E-state index in [9.17, 15) is 4.79 Å². The molecule has 0 fully saturated rings. The molecule has 0 spiro atoms. The van der Waals surface area contributed by atoms with Crippen LogP contribution in [0.25, 0.3) is 0 Å². The molecule has 2 aromatic rings. The zero-order valence-electron chi connectivity index (χ0n) is 11.2. The van der Waals surface area contributed by atoms with Crippen molar-refractivity contribution >= 4 is 5.97 Å². The first-order valence-electron chi connectivity index (χ1n) is 6.02. The number of hydrogen-bond donors (Lipinski definition) is 1. The topological polar surface area (TPSA) is 86.5 Å². The minimum absolute atomic E-state index is 0.0329. The van der Waals surface area contributed by atoms with Gasteiger partial charge in [-0.15, -0.1) is 5.10 Å². The summed E-state index contributed by atoms with van der Waals surface area (Å²) in [6.45, 7) is 2.46. The van der Waals surface area contributed by atoms with Gasteiger partial charge in [0.05, 0.1) is 19.3 Å². The van der Waals surface area contributed by atoms with Crippen molar-refractivity contribution in [1.29, 1.82) is 0 Å². The van der Waals surface area contributed by atoms with Crippen LogP contribution < -0.4 is 9.47 Å². The molecule has 0 atom stereocenters. The van der Waals surface area contributed by atoms with Crippen LogP contribution in [0.2, 0.25) is 0 Å². The monoisotopic (exact) mass is 277 g/mol. The number of carbonyl (C=O) groups is 1. The first kappa shape index (κ1) is 13.9. The number of nitrogens with zero attached hydrogens (tertiary/aromatic N) is 3. The number of rotatable bonds is 6. The van der Waals surface area contributed by atoms with Crippen molar-refractivity contribution in [3.63, 3.8) is 0 Å².